The second-order valence-electron chi connectivity index (χ2n) is 4.63. The normalized spacial score (nSPS) is 14.8. The summed E-state index contributed by atoms with van der Waals surface area (Å²) in [6.07, 6.45) is 5.06. The van der Waals surface area contributed by atoms with E-state index in [1.807, 2.05) is 0 Å². The molecule has 5 nitrogen and oxygen atoms in total. The predicted octanol–water partition coefficient (Wildman–Crippen LogP) is 2.60. The fraction of sp³-hybridized carbons (Fsp3) is 0.286. The second kappa shape index (κ2) is 6.18. The Morgan fingerprint density at radius 1 is 1.35 bits per heavy atom. The number of halogens is 1. The third kappa shape index (κ3) is 3.81. The Labute approximate surface area is 115 Å². The molecule has 1 aliphatic rings. The van der Waals surface area contributed by atoms with Crippen molar-refractivity contribution in [1.29, 1.82) is 0 Å². The van der Waals surface area contributed by atoms with Crippen LogP contribution < -0.4 is 10.6 Å². The number of urea groups is 1. The zero-order valence-electron chi connectivity index (χ0n) is 10.7. The first-order chi connectivity index (χ1) is 9.54. The molecule has 20 heavy (non-hydrogen) atoms. The molecule has 0 radical (unpaired) electrons. The van der Waals surface area contributed by atoms with E-state index in [9.17, 15) is 14.0 Å². The topological polar surface area (TPSA) is 78.4 Å². The van der Waals surface area contributed by atoms with Crippen LogP contribution in [0, 0.1) is 5.82 Å². The first kappa shape index (κ1) is 14.0. The van der Waals surface area contributed by atoms with Crippen LogP contribution in [0.25, 0.3) is 6.08 Å². The van der Waals surface area contributed by atoms with E-state index in [0.717, 1.165) is 31.4 Å². The summed E-state index contributed by atoms with van der Waals surface area (Å²) >= 11 is 0. The van der Waals surface area contributed by atoms with Crippen LogP contribution in [0.4, 0.5) is 14.9 Å². The number of benzene rings is 1. The molecule has 0 aromatic heterocycles. The molecule has 1 fully saturated rings. The van der Waals surface area contributed by atoms with Gasteiger partial charge in [0.1, 0.15) is 5.82 Å². The standard InChI is InChI=1S/C14H15FN2O3/c15-12-6-5-11(8-9(12)4-7-13(18)19)17-14(20)16-10-2-1-3-10/h4-8,10H,1-3H2,(H,18,19)(H2,16,17,20)/b7-4+. The number of anilines is 1. The van der Waals surface area contributed by atoms with Crippen LogP contribution in [0.5, 0.6) is 0 Å². The van der Waals surface area contributed by atoms with Crippen LogP contribution >= 0.6 is 0 Å². The number of nitrogens with one attached hydrogen (secondary N) is 2. The molecule has 1 aromatic rings. The third-order valence-corrected chi connectivity index (χ3v) is 3.10. The lowest BCUT2D eigenvalue weighted by molar-refractivity contribution is -0.131. The van der Waals surface area contributed by atoms with Gasteiger partial charge in [-0.1, -0.05) is 0 Å². The fourth-order valence-electron chi connectivity index (χ4n) is 1.82. The van der Waals surface area contributed by atoms with Gasteiger partial charge in [0.2, 0.25) is 0 Å². The summed E-state index contributed by atoms with van der Waals surface area (Å²) in [5, 5.41) is 13.9. The highest BCUT2D eigenvalue weighted by Gasteiger charge is 2.19. The van der Waals surface area contributed by atoms with Crippen molar-refractivity contribution >= 4 is 23.8 Å². The van der Waals surface area contributed by atoms with Crippen LogP contribution in [0.15, 0.2) is 24.3 Å². The van der Waals surface area contributed by atoms with Gasteiger partial charge < -0.3 is 15.7 Å². The Hall–Kier alpha value is -2.37. The van der Waals surface area contributed by atoms with Gasteiger partial charge in [-0.25, -0.2) is 14.0 Å². The number of hydrogen-bond donors (Lipinski definition) is 3. The highest BCUT2D eigenvalue weighted by Crippen LogP contribution is 2.19. The molecule has 2 rings (SSSR count). The SMILES string of the molecule is O=C(O)/C=C/c1cc(NC(=O)NC2CCC2)ccc1F. The molecule has 6 heteroatoms. The Bertz CT molecular complexity index is 553. The largest absolute Gasteiger partial charge is 0.478 e. The van der Waals surface area contributed by atoms with Gasteiger partial charge >= 0.3 is 12.0 Å². The lowest BCUT2D eigenvalue weighted by atomic mass is 9.93. The molecule has 0 saturated heterocycles. The van der Waals surface area contributed by atoms with Crippen molar-refractivity contribution in [3.63, 3.8) is 0 Å². The van der Waals surface area contributed by atoms with Gasteiger partial charge in [0.05, 0.1) is 0 Å². The van der Waals surface area contributed by atoms with Gasteiger partial charge in [0.15, 0.2) is 0 Å². The Balaban J connectivity index is 2.02. The summed E-state index contributed by atoms with van der Waals surface area (Å²) in [5.74, 6) is -1.71. The summed E-state index contributed by atoms with van der Waals surface area (Å²) in [6, 6.07) is 3.86. The van der Waals surface area contributed by atoms with Crippen molar-refractivity contribution in [2.75, 3.05) is 5.32 Å². The number of aliphatic carboxylic acids is 1. The fourth-order valence-corrected chi connectivity index (χ4v) is 1.82. The van der Waals surface area contributed by atoms with E-state index in [2.05, 4.69) is 10.6 Å². The minimum atomic E-state index is -1.16. The van der Waals surface area contributed by atoms with Gasteiger partial charge in [-0.2, -0.15) is 0 Å². The molecule has 0 spiro atoms. The molecule has 0 aliphatic heterocycles. The third-order valence-electron chi connectivity index (χ3n) is 3.10. The number of hydrogen-bond acceptors (Lipinski definition) is 2. The molecule has 106 valence electrons. The zero-order valence-corrected chi connectivity index (χ0v) is 10.7. The molecule has 1 saturated carbocycles. The van der Waals surface area contributed by atoms with E-state index < -0.39 is 11.8 Å². The molecule has 1 aliphatic carbocycles. The molecule has 0 atom stereocenters. The molecule has 2 amide bonds. The summed E-state index contributed by atoms with van der Waals surface area (Å²) in [4.78, 5) is 22.1. The number of carbonyl (C=O) groups excluding carboxylic acids is 1. The Morgan fingerprint density at radius 3 is 2.70 bits per heavy atom. The van der Waals surface area contributed by atoms with E-state index in [4.69, 9.17) is 5.11 Å². The van der Waals surface area contributed by atoms with Crippen molar-refractivity contribution < 1.29 is 19.1 Å². The number of carboxylic acids is 1. The lowest BCUT2D eigenvalue weighted by Gasteiger charge is -2.26. The molecule has 0 heterocycles. The molecule has 1 aromatic carbocycles. The van der Waals surface area contributed by atoms with Crippen LogP contribution in [-0.4, -0.2) is 23.1 Å². The van der Waals surface area contributed by atoms with E-state index in [-0.39, 0.29) is 17.6 Å². The molecular formula is C14H15FN2O3. The monoisotopic (exact) mass is 278 g/mol. The minimum Gasteiger partial charge on any atom is -0.478 e. The maximum atomic E-state index is 13.5. The predicted molar refractivity (Wildman–Crippen MR) is 72.9 cm³/mol. The van der Waals surface area contributed by atoms with Crippen LogP contribution in [0.1, 0.15) is 24.8 Å². The zero-order chi connectivity index (χ0) is 14.5. The minimum absolute atomic E-state index is 0.105. The van der Waals surface area contributed by atoms with Crippen molar-refractivity contribution in [2.45, 2.75) is 25.3 Å². The van der Waals surface area contributed by atoms with Crippen molar-refractivity contribution in [3.8, 4) is 0 Å². The van der Waals surface area contributed by atoms with Gasteiger partial charge in [0, 0.05) is 23.4 Å². The number of carboxylic acid groups (broad SMARTS) is 1. The average molecular weight is 278 g/mol. The average Bonchev–Trinajstić information content (AvgIpc) is 2.34. The molecule has 0 bridgehead atoms. The summed E-state index contributed by atoms with van der Waals surface area (Å²) in [7, 11) is 0. The molecule has 3 N–H and O–H groups in total. The quantitative estimate of drug-likeness (QED) is 0.741. The lowest BCUT2D eigenvalue weighted by Crippen LogP contribution is -2.41. The van der Waals surface area contributed by atoms with E-state index in [1.54, 1.807) is 0 Å². The van der Waals surface area contributed by atoms with Crippen LogP contribution in [-0.2, 0) is 4.79 Å². The second-order valence-corrected chi connectivity index (χ2v) is 4.63. The van der Waals surface area contributed by atoms with Crippen LogP contribution in [0.2, 0.25) is 0 Å². The first-order valence-corrected chi connectivity index (χ1v) is 6.32. The highest BCUT2D eigenvalue weighted by molar-refractivity contribution is 5.90. The maximum Gasteiger partial charge on any atom is 0.328 e. The highest BCUT2D eigenvalue weighted by atomic mass is 19.1. The van der Waals surface area contributed by atoms with Crippen molar-refractivity contribution in [1.82, 2.24) is 5.32 Å². The first-order valence-electron chi connectivity index (χ1n) is 6.32. The Morgan fingerprint density at radius 2 is 2.10 bits per heavy atom. The molecular weight excluding hydrogens is 263 g/mol. The number of carbonyl (C=O) groups is 2. The number of amides is 2. The summed E-state index contributed by atoms with van der Waals surface area (Å²) < 4.78 is 13.5. The van der Waals surface area contributed by atoms with Gasteiger partial charge in [-0.15, -0.1) is 0 Å². The smallest absolute Gasteiger partial charge is 0.328 e. The van der Waals surface area contributed by atoms with Gasteiger partial charge in [-0.05, 0) is 43.5 Å². The van der Waals surface area contributed by atoms with Gasteiger partial charge in [-0.3, -0.25) is 0 Å². The summed E-state index contributed by atoms with van der Waals surface area (Å²) in [6.45, 7) is 0. The molecule has 0 unspecified atom stereocenters. The van der Waals surface area contributed by atoms with Crippen molar-refractivity contribution in [2.24, 2.45) is 0 Å². The van der Waals surface area contributed by atoms with E-state index in [1.165, 1.54) is 18.2 Å². The Kier molecular flexibility index (Phi) is 4.34. The number of rotatable bonds is 4. The van der Waals surface area contributed by atoms with E-state index in [0.29, 0.717) is 5.69 Å². The maximum absolute atomic E-state index is 13.5. The van der Waals surface area contributed by atoms with Gasteiger partial charge in [0.25, 0.3) is 0 Å². The van der Waals surface area contributed by atoms with E-state index >= 15 is 0 Å². The van der Waals surface area contributed by atoms with Crippen LogP contribution in [0.3, 0.4) is 0 Å². The summed E-state index contributed by atoms with van der Waals surface area (Å²) in [5.41, 5.74) is 0.516. The van der Waals surface area contributed by atoms with Crippen molar-refractivity contribution in [3.05, 3.63) is 35.7 Å².